The van der Waals surface area contributed by atoms with E-state index in [1.54, 1.807) is 31.2 Å². The number of hydrogen-bond donors (Lipinski definition) is 1. The van der Waals surface area contributed by atoms with Crippen LogP contribution in [0.1, 0.15) is 56.3 Å². The molecule has 0 spiro atoms. The fourth-order valence-corrected chi connectivity index (χ4v) is 4.12. The van der Waals surface area contributed by atoms with Gasteiger partial charge in [-0.2, -0.15) is 0 Å². The third kappa shape index (κ3) is 2.13. The van der Waals surface area contributed by atoms with Gasteiger partial charge in [-0.3, -0.25) is 14.4 Å². The molecule has 2 aliphatic rings. The fourth-order valence-electron chi connectivity index (χ4n) is 4.12. The van der Waals surface area contributed by atoms with Gasteiger partial charge in [0, 0.05) is 28.2 Å². The summed E-state index contributed by atoms with van der Waals surface area (Å²) in [4.78, 5) is 37.9. The van der Waals surface area contributed by atoms with Crippen LogP contribution in [0.15, 0.2) is 24.3 Å². The minimum atomic E-state index is -0.373. The van der Waals surface area contributed by atoms with Crippen molar-refractivity contribution in [2.24, 2.45) is 5.92 Å². The first-order valence-corrected chi connectivity index (χ1v) is 8.59. The minimum Gasteiger partial charge on any atom is -0.507 e. The zero-order valence-corrected chi connectivity index (χ0v) is 14.6. The highest BCUT2D eigenvalue weighted by molar-refractivity contribution is 6.30. The van der Waals surface area contributed by atoms with Crippen LogP contribution in [0.5, 0.6) is 11.5 Å². The van der Waals surface area contributed by atoms with Crippen LogP contribution in [0.3, 0.4) is 0 Å². The number of phenols is 1. The van der Waals surface area contributed by atoms with Crippen molar-refractivity contribution in [3.05, 3.63) is 57.6 Å². The third-order valence-corrected chi connectivity index (χ3v) is 5.48. The van der Waals surface area contributed by atoms with Crippen molar-refractivity contribution in [1.29, 1.82) is 0 Å². The summed E-state index contributed by atoms with van der Waals surface area (Å²) in [5.41, 5.74) is 2.00. The molecule has 26 heavy (non-hydrogen) atoms. The molecule has 0 saturated carbocycles. The zero-order chi connectivity index (χ0) is 18.6. The number of benzene rings is 2. The maximum atomic E-state index is 13.1. The molecule has 0 bridgehead atoms. The number of ether oxygens (including phenoxy) is 1. The highest BCUT2D eigenvalue weighted by Crippen LogP contribution is 2.46. The first-order chi connectivity index (χ1) is 12.5. The Labute approximate surface area is 150 Å². The molecule has 5 nitrogen and oxygen atoms in total. The molecule has 2 aliphatic carbocycles. The monoisotopic (exact) mass is 350 g/mol. The number of hydrogen-bond acceptors (Lipinski definition) is 5. The normalized spacial score (nSPS) is 18.0. The van der Waals surface area contributed by atoms with Gasteiger partial charge in [-0.15, -0.1) is 0 Å². The number of methoxy groups -OCH3 is 1. The van der Waals surface area contributed by atoms with Crippen molar-refractivity contribution in [1.82, 2.24) is 0 Å². The quantitative estimate of drug-likeness (QED) is 0.769. The summed E-state index contributed by atoms with van der Waals surface area (Å²) in [5.74, 6) is -0.645. The first kappa shape index (κ1) is 16.5. The fraction of sp³-hybridized carbons (Fsp3) is 0.286. The van der Waals surface area contributed by atoms with Crippen molar-refractivity contribution >= 4 is 17.3 Å². The molecule has 132 valence electrons. The molecule has 2 aromatic carbocycles. The van der Waals surface area contributed by atoms with Crippen LogP contribution in [-0.4, -0.2) is 29.6 Å². The Morgan fingerprint density at radius 3 is 2.27 bits per heavy atom. The molecule has 1 N–H and O–H groups in total. The van der Waals surface area contributed by atoms with Gasteiger partial charge in [0.15, 0.2) is 11.6 Å². The van der Waals surface area contributed by atoms with E-state index >= 15 is 0 Å². The van der Waals surface area contributed by atoms with Crippen LogP contribution in [0.4, 0.5) is 0 Å². The molecular formula is C21H18O5. The first-order valence-electron chi connectivity index (χ1n) is 8.59. The number of aromatic hydroxyl groups is 1. The van der Waals surface area contributed by atoms with E-state index in [1.807, 2.05) is 0 Å². The lowest BCUT2D eigenvalue weighted by Gasteiger charge is -2.29. The van der Waals surface area contributed by atoms with E-state index in [4.69, 9.17) is 4.74 Å². The second kappa shape index (κ2) is 5.80. The molecule has 4 rings (SSSR count). The summed E-state index contributed by atoms with van der Waals surface area (Å²) in [6, 6.07) is 6.59. The topological polar surface area (TPSA) is 80.7 Å². The molecule has 0 aliphatic heterocycles. The lowest BCUT2D eigenvalue weighted by atomic mass is 9.75. The van der Waals surface area contributed by atoms with E-state index < -0.39 is 0 Å². The molecule has 0 heterocycles. The molecule has 5 heteroatoms. The lowest BCUT2D eigenvalue weighted by Crippen LogP contribution is -2.27. The molecular weight excluding hydrogens is 332 g/mol. The Morgan fingerprint density at radius 2 is 1.69 bits per heavy atom. The molecule has 0 aromatic heterocycles. The molecule has 0 fully saturated rings. The van der Waals surface area contributed by atoms with Gasteiger partial charge in [-0.25, -0.2) is 0 Å². The summed E-state index contributed by atoms with van der Waals surface area (Å²) >= 11 is 0. The van der Waals surface area contributed by atoms with E-state index in [-0.39, 0.29) is 40.1 Å². The van der Waals surface area contributed by atoms with Gasteiger partial charge in [-0.05, 0) is 26.2 Å². The summed E-state index contributed by atoms with van der Waals surface area (Å²) in [7, 11) is 1.45. The smallest absolute Gasteiger partial charge is 0.198 e. The standard InChI is InChI=1S/C21H18O5/c1-10(22)11-7-8-14-15(9-11)21(26-2)17-16(19(14)24)18(23)12-5-3-4-6-13(12)20(17)25/h3-6,11,24H,7-9H2,1-2H3/t11-/m0/s1. The molecule has 0 amide bonds. The molecule has 2 aromatic rings. The maximum Gasteiger partial charge on any atom is 0.198 e. The number of carbonyl (C=O) groups is 3. The van der Waals surface area contributed by atoms with E-state index in [2.05, 4.69) is 0 Å². The number of fused-ring (bicyclic) bond motifs is 3. The lowest BCUT2D eigenvalue weighted by molar-refractivity contribution is -0.121. The van der Waals surface area contributed by atoms with Crippen molar-refractivity contribution in [3.8, 4) is 11.5 Å². The van der Waals surface area contributed by atoms with Crippen LogP contribution >= 0.6 is 0 Å². The minimum absolute atomic E-state index is 0.0191. The average Bonchev–Trinajstić information content (AvgIpc) is 2.65. The van der Waals surface area contributed by atoms with Crippen molar-refractivity contribution in [2.45, 2.75) is 26.2 Å². The average molecular weight is 350 g/mol. The Hall–Kier alpha value is -2.95. The number of rotatable bonds is 2. The van der Waals surface area contributed by atoms with Gasteiger partial charge >= 0.3 is 0 Å². The molecule has 0 saturated heterocycles. The van der Waals surface area contributed by atoms with Crippen LogP contribution in [0, 0.1) is 5.92 Å². The van der Waals surface area contributed by atoms with Crippen LogP contribution in [0.2, 0.25) is 0 Å². The largest absolute Gasteiger partial charge is 0.507 e. The Balaban J connectivity index is 2.02. The van der Waals surface area contributed by atoms with E-state index in [1.165, 1.54) is 7.11 Å². The Morgan fingerprint density at radius 1 is 1.08 bits per heavy atom. The molecule has 1 atom stereocenters. The van der Waals surface area contributed by atoms with Crippen molar-refractivity contribution in [3.63, 3.8) is 0 Å². The highest BCUT2D eigenvalue weighted by atomic mass is 16.5. The van der Waals surface area contributed by atoms with Crippen LogP contribution in [0.25, 0.3) is 0 Å². The molecule has 0 unspecified atom stereocenters. The highest BCUT2D eigenvalue weighted by Gasteiger charge is 2.39. The second-order valence-corrected chi connectivity index (χ2v) is 6.84. The van der Waals surface area contributed by atoms with Gasteiger partial charge in [0.05, 0.1) is 18.2 Å². The Bertz CT molecular complexity index is 986. The van der Waals surface area contributed by atoms with Crippen LogP contribution in [-0.2, 0) is 17.6 Å². The number of Topliss-reactive ketones (excluding diaryl/α,β-unsaturated/α-hetero) is 1. The van der Waals surface area contributed by atoms with Crippen LogP contribution < -0.4 is 4.74 Å². The summed E-state index contributed by atoms with van der Waals surface area (Å²) in [6.45, 7) is 1.55. The predicted molar refractivity (Wildman–Crippen MR) is 94.2 cm³/mol. The van der Waals surface area contributed by atoms with Crippen molar-refractivity contribution in [2.75, 3.05) is 7.11 Å². The molecule has 0 radical (unpaired) electrons. The summed E-state index contributed by atoms with van der Waals surface area (Å²) in [6.07, 6.45) is 1.48. The number of ketones is 3. The van der Waals surface area contributed by atoms with Gasteiger partial charge in [-0.1, -0.05) is 24.3 Å². The van der Waals surface area contributed by atoms with Crippen molar-refractivity contribution < 1.29 is 24.2 Å². The third-order valence-electron chi connectivity index (χ3n) is 5.48. The van der Waals surface area contributed by atoms with E-state index in [9.17, 15) is 19.5 Å². The number of carbonyl (C=O) groups excluding carboxylic acids is 3. The number of phenolic OH excluding ortho intramolecular Hbond substituents is 1. The van der Waals surface area contributed by atoms with E-state index in [0.29, 0.717) is 47.3 Å². The van der Waals surface area contributed by atoms with E-state index in [0.717, 1.165) is 0 Å². The second-order valence-electron chi connectivity index (χ2n) is 6.84. The summed E-state index contributed by atoms with van der Waals surface area (Å²) < 4.78 is 5.53. The van der Waals surface area contributed by atoms with Gasteiger partial charge in [0.25, 0.3) is 0 Å². The maximum absolute atomic E-state index is 13.1. The Kier molecular flexibility index (Phi) is 3.68. The summed E-state index contributed by atoms with van der Waals surface area (Å²) in [5, 5.41) is 10.8. The SMILES string of the molecule is COc1c2c(c(O)c3c1C(=O)c1ccccc1C3=O)CC[C@H](C(C)=O)C2. The predicted octanol–water partition coefficient (Wildman–Crippen LogP) is 2.87. The van der Waals surface area contributed by atoms with Gasteiger partial charge < -0.3 is 9.84 Å². The van der Waals surface area contributed by atoms with Gasteiger partial charge in [0.1, 0.15) is 17.3 Å². The zero-order valence-electron chi connectivity index (χ0n) is 14.6. The van der Waals surface area contributed by atoms with Gasteiger partial charge in [0.2, 0.25) is 0 Å².